The zero-order chi connectivity index (χ0) is 32.3. The second-order valence-electron chi connectivity index (χ2n) is 11.5. The van der Waals surface area contributed by atoms with E-state index in [-0.39, 0.29) is 31.2 Å². The number of nitrogens with one attached hydrogen (secondary N) is 2. The number of amides is 2. The number of carbonyl (C=O) groups is 2. The van der Waals surface area contributed by atoms with E-state index < -0.39 is 23.8 Å². The van der Waals surface area contributed by atoms with Crippen molar-refractivity contribution < 1.29 is 22.8 Å². The van der Waals surface area contributed by atoms with E-state index in [0.717, 1.165) is 28.9 Å². The fraction of sp³-hybridized carbons (Fsp3) is 0.333. The molecule has 0 radical (unpaired) electrons. The van der Waals surface area contributed by atoms with Crippen LogP contribution in [-0.2, 0) is 41.7 Å². The number of alkyl halides is 3. The van der Waals surface area contributed by atoms with E-state index in [1.165, 1.54) is 12.4 Å². The van der Waals surface area contributed by atoms with Gasteiger partial charge in [-0.05, 0) is 59.0 Å². The number of aromatic nitrogens is 3. The molecule has 0 saturated carbocycles. The molecule has 2 atom stereocenters. The van der Waals surface area contributed by atoms with Crippen LogP contribution in [0.4, 0.5) is 18.9 Å². The van der Waals surface area contributed by atoms with E-state index in [0.29, 0.717) is 48.9 Å². The molecule has 0 spiro atoms. The first kappa shape index (κ1) is 31.6. The van der Waals surface area contributed by atoms with Gasteiger partial charge in [0.25, 0.3) is 0 Å². The van der Waals surface area contributed by atoms with E-state index >= 15 is 0 Å². The first-order valence-corrected chi connectivity index (χ1v) is 15.4. The Morgan fingerprint density at radius 3 is 2.48 bits per heavy atom. The molecular formula is C33H33ClF3N7O2. The molecule has 2 aliphatic rings. The second kappa shape index (κ2) is 13.5. The minimum absolute atomic E-state index is 0.119. The average molecular weight is 652 g/mol. The zero-order valence-electron chi connectivity index (χ0n) is 24.9. The first-order chi connectivity index (χ1) is 22.1. The standard InChI is InChI=1S/C33H33ClF3N7O2/c34-27-9-5-22(6-10-27)15-29(41-31(45)28-17-23-7-8-26(33(35,36)37)16-25(23)18-39-28)32(46)43-13-11-42(12-14-43)30-4-2-1-3-24(30)19-44-21-38-20-40-44/h1-10,16,20-21,28-29,39H,11-15,17-19H2,(H,41,45)/t28-,29-/m1/s1. The molecule has 46 heavy (non-hydrogen) atoms. The number of benzene rings is 3. The van der Waals surface area contributed by atoms with Crippen molar-refractivity contribution in [2.24, 2.45) is 0 Å². The van der Waals surface area contributed by atoms with E-state index in [2.05, 4.69) is 37.7 Å². The molecule has 1 fully saturated rings. The molecule has 1 aromatic heterocycles. The van der Waals surface area contributed by atoms with Gasteiger partial charge >= 0.3 is 6.18 Å². The molecule has 2 N–H and O–H groups in total. The lowest BCUT2D eigenvalue weighted by molar-refractivity contribution is -0.137. The van der Waals surface area contributed by atoms with Crippen molar-refractivity contribution in [3.63, 3.8) is 0 Å². The molecule has 2 aliphatic heterocycles. The number of nitrogens with zero attached hydrogens (tertiary/aromatic N) is 5. The molecule has 240 valence electrons. The number of carbonyl (C=O) groups excluding carboxylic acids is 2. The summed E-state index contributed by atoms with van der Waals surface area (Å²) in [6.07, 6.45) is -0.781. The Morgan fingerprint density at radius 2 is 1.76 bits per heavy atom. The number of hydrogen-bond acceptors (Lipinski definition) is 6. The quantitative estimate of drug-likeness (QED) is 0.298. The molecule has 9 nitrogen and oxygen atoms in total. The monoisotopic (exact) mass is 651 g/mol. The van der Waals surface area contributed by atoms with Crippen LogP contribution in [0.2, 0.25) is 5.02 Å². The molecule has 13 heteroatoms. The molecule has 2 amide bonds. The Balaban J connectivity index is 1.13. The highest BCUT2D eigenvalue weighted by molar-refractivity contribution is 6.30. The van der Waals surface area contributed by atoms with E-state index in [9.17, 15) is 22.8 Å². The van der Waals surface area contributed by atoms with E-state index in [1.807, 2.05) is 24.3 Å². The maximum Gasteiger partial charge on any atom is 0.416 e. The summed E-state index contributed by atoms with van der Waals surface area (Å²) >= 11 is 6.08. The number of rotatable bonds is 8. The third-order valence-corrected chi connectivity index (χ3v) is 8.76. The van der Waals surface area contributed by atoms with Gasteiger partial charge in [-0.3, -0.25) is 9.59 Å². The number of halogens is 4. The van der Waals surface area contributed by atoms with Crippen LogP contribution in [0.5, 0.6) is 0 Å². The maximum absolute atomic E-state index is 14.0. The fourth-order valence-electron chi connectivity index (χ4n) is 6.04. The minimum atomic E-state index is -4.44. The summed E-state index contributed by atoms with van der Waals surface area (Å²) in [5.74, 6) is -0.566. The summed E-state index contributed by atoms with van der Waals surface area (Å²) < 4.78 is 41.4. The van der Waals surface area contributed by atoms with Crippen molar-refractivity contribution in [3.05, 3.63) is 112 Å². The Kier molecular flexibility index (Phi) is 9.27. The minimum Gasteiger partial charge on any atom is -0.368 e. The van der Waals surface area contributed by atoms with Gasteiger partial charge in [-0.25, -0.2) is 9.67 Å². The van der Waals surface area contributed by atoms with Gasteiger partial charge in [0.2, 0.25) is 11.8 Å². The van der Waals surface area contributed by atoms with Crippen LogP contribution in [0.1, 0.15) is 27.8 Å². The summed E-state index contributed by atoms with van der Waals surface area (Å²) in [4.78, 5) is 35.5. The van der Waals surface area contributed by atoms with Crippen molar-refractivity contribution in [2.75, 3.05) is 31.1 Å². The van der Waals surface area contributed by atoms with Crippen molar-refractivity contribution in [3.8, 4) is 0 Å². The van der Waals surface area contributed by atoms with Gasteiger partial charge in [-0.1, -0.05) is 48.0 Å². The van der Waals surface area contributed by atoms with Gasteiger partial charge in [0, 0.05) is 49.9 Å². The Labute approximate surface area is 269 Å². The summed E-state index contributed by atoms with van der Waals surface area (Å²) in [7, 11) is 0. The Bertz CT molecular complexity index is 1670. The molecule has 4 aromatic rings. The van der Waals surface area contributed by atoms with Crippen LogP contribution in [0, 0.1) is 0 Å². The van der Waals surface area contributed by atoms with Gasteiger partial charge in [-0.15, -0.1) is 0 Å². The van der Waals surface area contributed by atoms with Gasteiger partial charge < -0.3 is 20.4 Å². The predicted molar refractivity (Wildman–Crippen MR) is 167 cm³/mol. The number of hydrogen-bond donors (Lipinski definition) is 2. The molecule has 3 aromatic carbocycles. The zero-order valence-corrected chi connectivity index (χ0v) is 25.6. The number of para-hydroxylation sites is 1. The summed E-state index contributed by atoms with van der Waals surface area (Å²) in [6.45, 7) is 2.87. The van der Waals surface area contributed by atoms with Gasteiger partial charge in [0.05, 0.1) is 18.2 Å². The maximum atomic E-state index is 14.0. The third-order valence-electron chi connectivity index (χ3n) is 8.50. The molecule has 6 rings (SSSR count). The molecule has 0 aliphatic carbocycles. The highest BCUT2D eigenvalue weighted by Crippen LogP contribution is 2.32. The normalized spacial score (nSPS) is 17.3. The molecular weight excluding hydrogens is 619 g/mol. The third kappa shape index (κ3) is 7.34. The van der Waals surface area contributed by atoms with Crippen LogP contribution < -0.4 is 15.5 Å². The molecule has 3 heterocycles. The van der Waals surface area contributed by atoms with Crippen molar-refractivity contribution in [1.82, 2.24) is 30.3 Å². The highest BCUT2D eigenvalue weighted by atomic mass is 35.5. The molecule has 1 saturated heterocycles. The SMILES string of the molecule is O=C(N[C@H](Cc1ccc(Cl)cc1)C(=O)N1CCN(c2ccccc2Cn2cncn2)CC1)[C@H]1Cc2ccc(C(F)(F)F)cc2CN1. The van der Waals surface area contributed by atoms with Gasteiger partial charge in [0.15, 0.2) is 0 Å². The van der Waals surface area contributed by atoms with E-state index in [1.54, 1.807) is 28.0 Å². The summed E-state index contributed by atoms with van der Waals surface area (Å²) in [5.41, 5.74) is 3.47. The number of fused-ring (bicyclic) bond motifs is 1. The van der Waals surface area contributed by atoms with Crippen LogP contribution in [0.25, 0.3) is 0 Å². The topological polar surface area (TPSA) is 95.4 Å². The smallest absolute Gasteiger partial charge is 0.368 e. The van der Waals surface area contributed by atoms with Gasteiger partial charge in [0.1, 0.15) is 18.7 Å². The number of anilines is 1. The lowest BCUT2D eigenvalue weighted by Gasteiger charge is -2.38. The van der Waals surface area contributed by atoms with Crippen LogP contribution >= 0.6 is 11.6 Å². The predicted octanol–water partition coefficient (Wildman–Crippen LogP) is 4.09. The lowest BCUT2D eigenvalue weighted by atomic mass is 9.93. The van der Waals surface area contributed by atoms with Crippen LogP contribution in [0.15, 0.2) is 79.4 Å². The second-order valence-corrected chi connectivity index (χ2v) is 12.0. The molecule has 0 bridgehead atoms. The number of piperazine rings is 1. The first-order valence-electron chi connectivity index (χ1n) is 15.1. The van der Waals surface area contributed by atoms with Crippen molar-refractivity contribution >= 4 is 29.1 Å². The van der Waals surface area contributed by atoms with Gasteiger partial charge in [-0.2, -0.15) is 18.3 Å². The highest BCUT2D eigenvalue weighted by Gasteiger charge is 2.34. The summed E-state index contributed by atoms with van der Waals surface area (Å²) in [6, 6.07) is 17.3. The van der Waals surface area contributed by atoms with Crippen molar-refractivity contribution in [2.45, 2.75) is 44.2 Å². The fourth-order valence-corrected chi connectivity index (χ4v) is 6.16. The molecule has 0 unspecified atom stereocenters. The largest absolute Gasteiger partial charge is 0.416 e. The average Bonchev–Trinajstić information content (AvgIpc) is 3.57. The van der Waals surface area contributed by atoms with Crippen molar-refractivity contribution in [1.29, 1.82) is 0 Å². The Hall–Kier alpha value is -4.42. The lowest BCUT2D eigenvalue weighted by Crippen LogP contribution is -2.58. The van der Waals surface area contributed by atoms with E-state index in [4.69, 9.17) is 11.6 Å². The Morgan fingerprint density at radius 1 is 1.00 bits per heavy atom. The van der Waals surface area contributed by atoms with Crippen LogP contribution in [0.3, 0.4) is 0 Å². The van der Waals surface area contributed by atoms with Crippen LogP contribution in [-0.4, -0.2) is 69.7 Å². The summed E-state index contributed by atoms with van der Waals surface area (Å²) in [5, 5.41) is 10.8.